The third kappa shape index (κ3) is 34.8. The van der Waals surface area contributed by atoms with E-state index < -0.39 is 6.04 Å². The first-order chi connectivity index (χ1) is 23.5. The summed E-state index contributed by atoms with van der Waals surface area (Å²) in [6, 6.07) is -0.394. The molecule has 0 rings (SSSR count). The second kappa shape index (κ2) is 38.7. The highest BCUT2D eigenvalue weighted by atomic mass is 16.5. The van der Waals surface area contributed by atoms with Crippen molar-refractivity contribution in [1.82, 2.24) is 4.90 Å². The Labute approximate surface area is 300 Å². The minimum Gasteiger partial charge on any atom is -0.466 e. The molecular formula is C43H85NO4. The van der Waals surface area contributed by atoms with Crippen molar-refractivity contribution in [1.29, 1.82) is 0 Å². The van der Waals surface area contributed by atoms with Crippen LogP contribution in [0.15, 0.2) is 0 Å². The number of hydrogen-bond acceptors (Lipinski definition) is 5. The Morgan fingerprint density at radius 3 is 0.979 bits per heavy atom. The van der Waals surface area contributed by atoms with Crippen LogP contribution in [0.5, 0.6) is 0 Å². The summed E-state index contributed by atoms with van der Waals surface area (Å²) in [5.41, 5.74) is 0. The van der Waals surface area contributed by atoms with E-state index in [0.29, 0.717) is 19.6 Å². The van der Waals surface area contributed by atoms with Gasteiger partial charge in [0.25, 0.3) is 0 Å². The summed E-state index contributed by atoms with van der Waals surface area (Å²) in [6.45, 7) is 5.54. The normalized spacial score (nSPS) is 12.1. The summed E-state index contributed by atoms with van der Waals surface area (Å²) in [6.07, 6.45) is 43.3. The largest absolute Gasteiger partial charge is 0.466 e. The highest BCUT2D eigenvalue weighted by Crippen LogP contribution is 2.16. The lowest BCUT2D eigenvalue weighted by molar-refractivity contribution is -0.150. The maximum Gasteiger partial charge on any atom is 0.323 e. The van der Waals surface area contributed by atoms with Gasteiger partial charge in [-0.3, -0.25) is 14.5 Å². The molecule has 0 bridgehead atoms. The van der Waals surface area contributed by atoms with Crippen LogP contribution in [0.4, 0.5) is 0 Å². The average molecular weight is 680 g/mol. The van der Waals surface area contributed by atoms with Crippen LogP contribution in [-0.4, -0.2) is 50.2 Å². The summed E-state index contributed by atoms with van der Waals surface area (Å²) < 4.78 is 11.0. The molecule has 0 aliphatic carbocycles. The van der Waals surface area contributed by atoms with E-state index >= 15 is 0 Å². The van der Waals surface area contributed by atoms with Gasteiger partial charge in [-0.25, -0.2) is 0 Å². The molecule has 0 aliphatic heterocycles. The quantitative estimate of drug-likeness (QED) is 0.0478. The van der Waals surface area contributed by atoms with E-state index in [0.717, 1.165) is 25.7 Å². The van der Waals surface area contributed by atoms with Gasteiger partial charge in [-0.15, -0.1) is 0 Å². The van der Waals surface area contributed by atoms with Gasteiger partial charge < -0.3 is 9.47 Å². The first-order valence-corrected chi connectivity index (χ1v) is 21.5. The molecule has 0 saturated heterocycles. The maximum absolute atomic E-state index is 12.7. The van der Waals surface area contributed by atoms with Gasteiger partial charge in [0, 0.05) is 6.42 Å². The van der Waals surface area contributed by atoms with E-state index in [9.17, 15) is 9.59 Å². The second-order valence-corrected chi connectivity index (χ2v) is 15.0. The second-order valence-electron chi connectivity index (χ2n) is 15.0. The van der Waals surface area contributed by atoms with Crippen LogP contribution < -0.4 is 0 Å². The summed E-state index contributed by atoms with van der Waals surface area (Å²) in [5, 5.41) is 0. The van der Waals surface area contributed by atoms with Gasteiger partial charge in [-0.2, -0.15) is 0 Å². The Morgan fingerprint density at radius 1 is 0.417 bits per heavy atom. The number of nitrogens with zero attached hydrogens (tertiary/aromatic N) is 1. The third-order valence-electron chi connectivity index (χ3n) is 10.0. The molecule has 1 atom stereocenters. The minimum absolute atomic E-state index is 0.201. The zero-order chi connectivity index (χ0) is 35.2. The fourth-order valence-electron chi connectivity index (χ4n) is 6.67. The van der Waals surface area contributed by atoms with Gasteiger partial charge in [0.1, 0.15) is 6.04 Å². The van der Waals surface area contributed by atoms with Crippen LogP contribution in [0, 0.1) is 0 Å². The molecule has 0 N–H and O–H groups in total. The molecule has 0 saturated carbocycles. The van der Waals surface area contributed by atoms with Gasteiger partial charge in [-0.1, -0.05) is 206 Å². The van der Waals surface area contributed by atoms with Gasteiger partial charge in [-0.05, 0) is 33.4 Å². The van der Waals surface area contributed by atoms with Gasteiger partial charge in [0.05, 0.1) is 13.2 Å². The van der Waals surface area contributed by atoms with Gasteiger partial charge in [0.2, 0.25) is 0 Å². The fraction of sp³-hybridized carbons (Fsp3) is 0.953. The molecule has 0 unspecified atom stereocenters. The number of likely N-dealkylation sites (N-methyl/N-ethyl adjacent to an activating group) is 1. The zero-order valence-corrected chi connectivity index (χ0v) is 33.1. The smallest absolute Gasteiger partial charge is 0.323 e. The SMILES string of the molecule is CCCCCCCCCCCCCCCCCCOC(=O)CC[C@@H](C(=O)OCCCCCCCCCCCCCCCCCC)N(C)C. The van der Waals surface area contributed by atoms with E-state index in [1.165, 1.54) is 180 Å². The van der Waals surface area contributed by atoms with E-state index in [1.807, 2.05) is 19.0 Å². The van der Waals surface area contributed by atoms with Crippen LogP contribution in [-0.2, 0) is 19.1 Å². The molecule has 0 aliphatic rings. The van der Waals surface area contributed by atoms with Crippen molar-refractivity contribution in [2.75, 3.05) is 27.3 Å². The Hall–Kier alpha value is -1.10. The molecule has 0 amide bonds. The number of rotatable bonds is 39. The fourth-order valence-corrected chi connectivity index (χ4v) is 6.67. The van der Waals surface area contributed by atoms with Crippen LogP contribution in [0.25, 0.3) is 0 Å². The van der Waals surface area contributed by atoms with Crippen molar-refractivity contribution in [2.24, 2.45) is 0 Å². The number of ether oxygens (including phenoxy) is 2. The molecule has 5 nitrogen and oxygen atoms in total. The number of unbranched alkanes of at least 4 members (excludes halogenated alkanes) is 30. The lowest BCUT2D eigenvalue weighted by Gasteiger charge is -2.22. The molecule has 0 radical (unpaired) electrons. The first kappa shape index (κ1) is 46.9. The minimum atomic E-state index is -0.394. The number of esters is 2. The molecule has 0 aromatic heterocycles. The molecule has 0 spiro atoms. The van der Waals surface area contributed by atoms with Crippen molar-refractivity contribution in [3.8, 4) is 0 Å². The van der Waals surface area contributed by atoms with Crippen LogP contribution in [0.3, 0.4) is 0 Å². The number of carbonyl (C=O) groups is 2. The first-order valence-electron chi connectivity index (χ1n) is 21.5. The van der Waals surface area contributed by atoms with Crippen LogP contribution in [0.2, 0.25) is 0 Å². The predicted molar refractivity (Wildman–Crippen MR) is 208 cm³/mol. The lowest BCUT2D eigenvalue weighted by atomic mass is 10.0. The summed E-state index contributed by atoms with van der Waals surface area (Å²) in [5.74, 6) is -0.417. The topological polar surface area (TPSA) is 55.8 Å². The van der Waals surface area contributed by atoms with Crippen molar-refractivity contribution in [2.45, 2.75) is 238 Å². The third-order valence-corrected chi connectivity index (χ3v) is 10.0. The van der Waals surface area contributed by atoms with Crippen molar-refractivity contribution in [3.05, 3.63) is 0 Å². The van der Waals surface area contributed by atoms with Crippen LogP contribution >= 0.6 is 0 Å². The molecular weight excluding hydrogens is 594 g/mol. The Balaban J connectivity index is 3.58. The molecule has 286 valence electrons. The highest BCUT2D eigenvalue weighted by Gasteiger charge is 2.23. The standard InChI is InChI=1S/C43H85NO4/c1-5-7-9-11-13-15-17-19-21-23-25-27-29-31-33-35-39-47-42(45)38-37-41(44(3)4)43(46)48-40-36-34-32-30-28-26-24-22-20-18-16-14-12-10-8-6-2/h41H,5-40H2,1-4H3/t41-/m0/s1. The maximum atomic E-state index is 12.7. The molecule has 0 aromatic carbocycles. The summed E-state index contributed by atoms with van der Waals surface area (Å²) in [4.78, 5) is 26.8. The molecule has 48 heavy (non-hydrogen) atoms. The molecule has 5 heteroatoms. The van der Waals surface area contributed by atoms with E-state index in [-0.39, 0.29) is 18.4 Å². The Bertz CT molecular complexity index is 667. The lowest BCUT2D eigenvalue weighted by Crippen LogP contribution is -2.37. The van der Waals surface area contributed by atoms with Crippen molar-refractivity contribution >= 4 is 11.9 Å². The number of hydrogen-bond donors (Lipinski definition) is 0. The van der Waals surface area contributed by atoms with Gasteiger partial charge >= 0.3 is 11.9 Å². The van der Waals surface area contributed by atoms with E-state index in [4.69, 9.17) is 9.47 Å². The van der Waals surface area contributed by atoms with E-state index in [2.05, 4.69) is 13.8 Å². The molecule has 0 fully saturated rings. The summed E-state index contributed by atoms with van der Waals surface area (Å²) >= 11 is 0. The highest BCUT2D eigenvalue weighted by molar-refractivity contribution is 5.77. The van der Waals surface area contributed by atoms with Gasteiger partial charge in [0.15, 0.2) is 0 Å². The van der Waals surface area contributed by atoms with Crippen molar-refractivity contribution in [3.63, 3.8) is 0 Å². The molecule has 0 aromatic rings. The average Bonchev–Trinajstić information content (AvgIpc) is 3.07. The monoisotopic (exact) mass is 680 g/mol. The number of carbonyl (C=O) groups excluding carboxylic acids is 2. The van der Waals surface area contributed by atoms with Crippen molar-refractivity contribution < 1.29 is 19.1 Å². The van der Waals surface area contributed by atoms with Crippen LogP contribution in [0.1, 0.15) is 232 Å². The zero-order valence-electron chi connectivity index (χ0n) is 33.1. The molecule has 0 heterocycles. The Morgan fingerprint density at radius 2 is 0.688 bits per heavy atom. The summed E-state index contributed by atoms with van der Waals surface area (Å²) in [7, 11) is 3.75. The Kier molecular flexibility index (Phi) is 37.8. The predicted octanol–water partition coefficient (Wildman–Crippen LogP) is 13.3. The van der Waals surface area contributed by atoms with E-state index in [1.54, 1.807) is 0 Å².